The highest BCUT2D eigenvalue weighted by molar-refractivity contribution is 7.13. The zero-order valence-electron chi connectivity index (χ0n) is 5.47. The molecule has 52 valence electrons. The Morgan fingerprint density at radius 2 is 2.22 bits per heavy atom. The fraction of sp³-hybridized carbons (Fsp3) is 1.00. The zero-order chi connectivity index (χ0) is 6.32. The first kappa shape index (κ1) is 6.09. The molecule has 2 rings (SSSR count). The van der Waals surface area contributed by atoms with E-state index in [1.165, 1.54) is 19.5 Å². The minimum absolute atomic E-state index is 0.571. The second-order valence-electron chi connectivity index (χ2n) is 3.21. The fourth-order valence-electron chi connectivity index (χ4n) is 1.60. The van der Waals surface area contributed by atoms with E-state index < -0.39 is 0 Å². The Morgan fingerprint density at radius 3 is 2.44 bits per heavy atom. The second-order valence-corrected chi connectivity index (χ2v) is 3.94. The molecule has 1 unspecified atom stereocenters. The van der Waals surface area contributed by atoms with Crippen LogP contribution in [0, 0.1) is 5.41 Å². The van der Waals surface area contributed by atoms with Crippen molar-refractivity contribution < 1.29 is 4.74 Å². The highest BCUT2D eigenvalue weighted by atomic mass is 31.0. The van der Waals surface area contributed by atoms with E-state index in [0.29, 0.717) is 5.41 Å². The fourth-order valence-corrected chi connectivity index (χ4v) is 2.11. The van der Waals surface area contributed by atoms with Crippen molar-refractivity contribution in [2.24, 2.45) is 5.41 Å². The molecular formula is C6H12NOP. The molecule has 0 amide bonds. The molecule has 1 spiro atoms. The Bertz CT molecular complexity index is 124. The standard InChI is InChI=1S/C6H12NOP/c9-7-2-1-6(3-7)4-8-5-6/h1-5,9H2. The van der Waals surface area contributed by atoms with Crippen molar-refractivity contribution in [1.82, 2.24) is 4.67 Å². The van der Waals surface area contributed by atoms with Crippen molar-refractivity contribution in [3.05, 3.63) is 0 Å². The summed E-state index contributed by atoms with van der Waals surface area (Å²) in [5, 5.41) is 0. The predicted octanol–water partition coefficient (Wildman–Crippen LogP) is 0.499. The van der Waals surface area contributed by atoms with Gasteiger partial charge in [-0.3, -0.25) is 4.67 Å². The summed E-state index contributed by atoms with van der Waals surface area (Å²) in [5.41, 5.74) is 0.571. The summed E-state index contributed by atoms with van der Waals surface area (Å²) in [7, 11) is 2.76. The van der Waals surface area contributed by atoms with Crippen LogP contribution in [-0.2, 0) is 4.74 Å². The minimum atomic E-state index is 0.571. The normalized spacial score (nSPS) is 33.0. The topological polar surface area (TPSA) is 12.5 Å². The molecular weight excluding hydrogens is 133 g/mol. The molecule has 0 aliphatic carbocycles. The van der Waals surface area contributed by atoms with Gasteiger partial charge in [-0.05, 0) is 6.42 Å². The number of ether oxygens (including phenoxy) is 1. The van der Waals surface area contributed by atoms with Gasteiger partial charge in [-0.2, -0.15) is 0 Å². The molecule has 0 bridgehead atoms. The summed E-state index contributed by atoms with van der Waals surface area (Å²) in [6.45, 7) is 4.45. The van der Waals surface area contributed by atoms with Crippen molar-refractivity contribution in [3.8, 4) is 0 Å². The van der Waals surface area contributed by atoms with Crippen molar-refractivity contribution in [2.45, 2.75) is 6.42 Å². The van der Waals surface area contributed by atoms with Crippen molar-refractivity contribution in [3.63, 3.8) is 0 Å². The Labute approximate surface area is 57.8 Å². The van der Waals surface area contributed by atoms with E-state index in [-0.39, 0.29) is 0 Å². The maximum atomic E-state index is 5.17. The van der Waals surface area contributed by atoms with Crippen LogP contribution in [0.5, 0.6) is 0 Å². The van der Waals surface area contributed by atoms with E-state index in [4.69, 9.17) is 4.74 Å². The summed E-state index contributed by atoms with van der Waals surface area (Å²) < 4.78 is 7.48. The molecule has 2 aliphatic rings. The smallest absolute Gasteiger partial charge is 0.0557 e. The zero-order valence-corrected chi connectivity index (χ0v) is 6.62. The van der Waals surface area contributed by atoms with Crippen LogP contribution in [0.15, 0.2) is 0 Å². The van der Waals surface area contributed by atoms with Crippen LogP contribution >= 0.6 is 9.39 Å². The Balaban J connectivity index is 1.99. The third-order valence-electron chi connectivity index (χ3n) is 2.28. The predicted molar refractivity (Wildman–Crippen MR) is 39.2 cm³/mol. The molecule has 2 nitrogen and oxygen atoms in total. The highest BCUT2D eigenvalue weighted by Gasteiger charge is 2.43. The Morgan fingerprint density at radius 1 is 1.44 bits per heavy atom. The second kappa shape index (κ2) is 1.91. The quantitative estimate of drug-likeness (QED) is 0.460. The van der Waals surface area contributed by atoms with Gasteiger partial charge >= 0.3 is 0 Å². The third-order valence-corrected chi connectivity index (χ3v) is 2.73. The van der Waals surface area contributed by atoms with Gasteiger partial charge in [0.2, 0.25) is 0 Å². The first-order valence-electron chi connectivity index (χ1n) is 3.38. The molecule has 0 aromatic carbocycles. The average molecular weight is 145 g/mol. The molecule has 3 heteroatoms. The lowest BCUT2D eigenvalue weighted by Gasteiger charge is -2.37. The van der Waals surface area contributed by atoms with Gasteiger partial charge in [-0.1, -0.05) is 9.39 Å². The van der Waals surface area contributed by atoms with E-state index in [9.17, 15) is 0 Å². The summed E-state index contributed by atoms with van der Waals surface area (Å²) in [6, 6.07) is 0. The van der Waals surface area contributed by atoms with Gasteiger partial charge in [0.15, 0.2) is 0 Å². The lowest BCUT2D eigenvalue weighted by Crippen LogP contribution is -2.43. The molecule has 0 radical (unpaired) electrons. The van der Waals surface area contributed by atoms with Crippen LogP contribution in [0.2, 0.25) is 0 Å². The maximum absolute atomic E-state index is 5.17. The van der Waals surface area contributed by atoms with Gasteiger partial charge in [0.05, 0.1) is 13.2 Å². The van der Waals surface area contributed by atoms with Crippen molar-refractivity contribution in [1.29, 1.82) is 0 Å². The van der Waals surface area contributed by atoms with Crippen LogP contribution in [0.1, 0.15) is 6.42 Å². The summed E-state index contributed by atoms with van der Waals surface area (Å²) >= 11 is 0. The largest absolute Gasteiger partial charge is 0.380 e. The summed E-state index contributed by atoms with van der Waals surface area (Å²) in [4.78, 5) is 0. The third kappa shape index (κ3) is 0.899. The minimum Gasteiger partial charge on any atom is -0.380 e. The average Bonchev–Trinajstić information content (AvgIpc) is 2.09. The van der Waals surface area contributed by atoms with E-state index in [1.54, 1.807) is 0 Å². The first-order valence-corrected chi connectivity index (χ1v) is 3.90. The van der Waals surface area contributed by atoms with Crippen molar-refractivity contribution >= 4 is 9.39 Å². The SMILES string of the molecule is PN1CCC2(COC2)C1. The molecule has 2 fully saturated rings. The molecule has 0 N–H and O–H groups in total. The highest BCUT2D eigenvalue weighted by Crippen LogP contribution is 2.38. The van der Waals surface area contributed by atoms with E-state index in [2.05, 4.69) is 14.1 Å². The molecule has 9 heavy (non-hydrogen) atoms. The van der Waals surface area contributed by atoms with Crippen LogP contribution in [-0.4, -0.2) is 31.0 Å². The monoisotopic (exact) mass is 145 g/mol. The van der Waals surface area contributed by atoms with Gasteiger partial charge in [0.1, 0.15) is 0 Å². The van der Waals surface area contributed by atoms with E-state index in [0.717, 1.165) is 13.2 Å². The number of hydrogen-bond donors (Lipinski definition) is 0. The summed E-state index contributed by atoms with van der Waals surface area (Å²) in [5.74, 6) is 0. The molecule has 2 aliphatic heterocycles. The van der Waals surface area contributed by atoms with Crippen molar-refractivity contribution in [2.75, 3.05) is 26.3 Å². The first-order chi connectivity index (χ1) is 4.31. The Hall–Kier alpha value is 0.350. The lowest BCUT2D eigenvalue weighted by molar-refractivity contribution is -0.102. The maximum Gasteiger partial charge on any atom is 0.0557 e. The van der Waals surface area contributed by atoms with Crippen LogP contribution in [0.25, 0.3) is 0 Å². The van der Waals surface area contributed by atoms with Gasteiger partial charge in [-0.25, -0.2) is 0 Å². The van der Waals surface area contributed by atoms with Crippen LogP contribution in [0.4, 0.5) is 0 Å². The van der Waals surface area contributed by atoms with Gasteiger partial charge in [-0.15, -0.1) is 0 Å². The van der Waals surface area contributed by atoms with Gasteiger partial charge < -0.3 is 4.74 Å². The molecule has 0 saturated carbocycles. The molecule has 2 saturated heterocycles. The Kier molecular flexibility index (Phi) is 1.29. The summed E-state index contributed by atoms with van der Waals surface area (Å²) in [6.07, 6.45) is 1.33. The number of rotatable bonds is 0. The molecule has 2 heterocycles. The van der Waals surface area contributed by atoms with E-state index >= 15 is 0 Å². The molecule has 1 atom stereocenters. The van der Waals surface area contributed by atoms with E-state index in [1.807, 2.05) is 0 Å². The molecule has 0 aromatic rings. The molecule has 0 aromatic heterocycles. The number of nitrogens with zero attached hydrogens (tertiary/aromatic N) is 1. The van der Waals surface area contributed by atoms with Crippen LogP contribution in [0.3, 0.4) is 0 Å². The lowest BCUT2D eigenvalue weighted by atomic mass is 9.86. The van der Waals surface area contributed by atoms with Gasteiger partial charge in [0, 0.05) is 18.5 Å². The number of hydrogen-bond acceptors (Lipinski definition) is 2. The van der Waals surface area contributed by atoms with Gasteiger partial charge in [0.25, 0.3) is 0 Å². The van der Waals surface area contributed by atoms with Crippen LogP contribution < -0.4 is 0 Å².